The first kappa shape index (κ1) is 30.8. The maximum absolute atomic E-state index is 13.2. The quantitative estimate of drug-likeness (QED) is 0.288. The molecule has 1 aromatic heterocycles. The summed E-state index contributed by atoms with van der Waals surface area (Å²) in [6, 6.07) is 14.3. The lowest BCUT2D eigenvalue weighted by molar-refractivity contribution is -0.145. The summed E-state index contributed by atoms with van der Waals surface area (Å²) >= 11 is 6.05. The van der Waals surface area contributed by atoms with E-state index in [0.29, 0.717) is 29.6 Å². The molecule has 13 heteroatoms. The summed E-state index contributed by atoms with van der Waals surface area (Å²) in [5, 5.41) is 16.0. The SMILES string of the molecule is CC(N)(CCNc1ccnc2cc(Cl)ccc12)CCN1C(=O)C(CC(F)(F)F)=CC1(O)CS(=O)(=O)c1ccccc1. The molecule has 0 aliphatic carbocycles. The molecule has 8 nitrogen and oxygen atoms in total. The third kappa shape index (κ3) is 7.56. The molecule has 1 aliphatic rings. The Balaban J connectivity index is 1.47. The predicted octanol–water partition coefficient (Wildman–Crippen LogP) is 4.68. The molecule has 0 fully saturated rings. The Hall–Kier alpha value is -3.19. The van der Waals surface area contributed by atoms with Gasteiger partial charge in [0.05, 0.1) is 16.8 Å². The zero-order chi connectivity index (χ0) is 30.1. The van der Waals surface area contributed by atoms with Crippen LogP contribution in [0.2, 0.25) is 5.02 Å². The zero-order valence-corrected chi connectivity index (χ0v) is 23.7. The van der Waals surface area contributed by atoms with Crippen molar-refractivity contribution in [3.8, 4) is 0 Å². The van der Waals surface area contributed by atoms with E-state index in [1.54, 1.807) is 37.4 Å². The van der Waals surface area contributed by atoms with Gasteiger partial charge in [0.2, 0.25) is 0 Å². The van der Waals surface area contributed by atoms with Crippen LogP contribution in [0.3, 0.4) is 0 Å². The molecule has 0 saturated heterocycles. The lowest BCUT2D eigenvalue weighted by Crippen LogP contribution is -2.53. The predicted molar refractivity (Wildman–Crippen MR) is 151 cm³/mol. The van der Waals surface area contributed by atoms with E-state index in [9.17, 15) is 31.5 Å². The van der Waals surface area contributed by atoms with Crippen molar-refractivity contribution in [1.82, 2.24) is 9.88 Å². The third-order valence-electron chi connectivity index (χ3n) is 6.91. The number of benzene rings is 2. The summed E-state index contributed by atoms with van der Waals surface area (Å²) in [4.78, 5) is 18.0. The van der Waals surface area contributed by atoms with E-state index in [0.717, 1.165) is 16.0 Å². The van der Waals surface area contributed by atoms with Crippen LogP contribution in [0, 0.1) is 0 Å². The molecule has 1 amide bonds. The van der Waals surface area contributed by atoms with Crippen molar-refractivity contribution in [1.29, 1.82) is 0 Å². The first-order valence-electron chi connectivity index (χ1n) is 12.8. The average Bonchev–Trinajstić information content (AvgIpc) is 3.09. The van der Waals surface area contributed by atoms with Crippen molar-refractivity contribution in [2.75, 3.05) is 24.2 Å². The van der Waals surface area contributed by atoms with Gasteiger partial charge in [-0.25, -0.2) is 8.42 Å². The molecule has 220 valence electrons. The molecule has 2 unspecified atom stereocenters. The minimum Gasteiger partial charge on any atom is -0.384 e. The Bertz CT molecular complexity index is 1570. The monoisotopic (exact) mass is 610 g/mol. The number of hydrogen-bond acceptors (Lipinski definition) is 7. The molecule has 4 N–H and O–H groups in total. The number of nitrogens with two attached hydrogens (primary N) is 1. The Morgan fingerprint density at radius 2 is 1.83 bits per heavy atom. The number of aliphatic hydroxyl groups is 1. The van der Waals surface area contributed by atoms with Crippen LogP contribution >= 0.6 is 11.6 Å². The van der Waals surface area contributed by atoms with E-state index in [1.165, 1.54) is 24.3 Å². The number of halogens is 4. The summed E-state index contributed by atoms with van der Waals surface area (Å²) in [6.45, 7) is 1.86. The summed E-state index contributed by atoms with van der Waals surface area (Å²) in [5.74, 6) is -2.08. The highest BCUT2D eigenvalue weighted by atomic mass is 35.5. The van der Waals surface area contributed by atoms with Crippen molar-refractivity contribution in [3.63, 3.8) is 0 Å². The lowest BCUT2D eigenvalue weighted by atomic mass is 9.94. The molecule has 4 rings (SSSR count). The van der Waals surface area contributed by atoms with Gasteiger partial charge in [-0.05, 0) is 62.2 Å². The minimum absolute atomic E-state index is 0.0773. The molecule has 0 bridgehead atoms. The van der Waals surface area contributed by atoms with E-state index in [4.69, 9.17) is 17.3 Å². The molecule has 1 aliphatic heterocycles. The van der Waals surface area contributed by atoms with Crippen LogP contribution in [0.1, 0.15) is 26.2 Å². The molecular formula is C28H30ClF3N4O4S. The van der Waals surface area contributed by atoms with Gasteiger partial charge in [0, 0.05) is 46.5 Å². The zero-order valence-electron chi connectivity index (χ0n) is 22.2. The van der Waals surface area contributed by atoms with Gasteiger partial charge in [-0.3, -0.25) is 9.78 Å². The van der Waals surface area contributed by atoms with E-state index in [2.05, 4.69) is 10.3 Å². The third-order valence-corrected chi connectivity index (χ3v) is 8.94. The van der Waals surface area contributed by atoms with Crippen LogP contribution in [-0.4, -0.2) is 65.6 Å². The van der Waals surface area contributed by atoms with Crippen LogP contribution in [-0.2, 0) is 14.6 Å². The van der Waals surface area contributed by atoms with Crippen LogP contribution < -0.4 is 11.1 Å². The number of carbonyl (C=O) groups excluding carboxylic acids is 1. The van der Waals surface area contributed by atoms with Crippen LogP contribution in [0.4, 0.5) is 18.9 Å². The largest absolute Gasteiger partial charge is 0.393 e. The van der Waals surface area contributed by atoms with Gasteiger partial charge in [-0.15, -0.1) is 0 Å². The molecule has 2 atom stereocenters. The van der Waals surface area contributed by atoms with Gasteiger partial charge in [0.15, 0.2) is 15.6 Å². The molecule has 2 aromatic carbocycles. The van der Waals surface area contributed by atoms with E-state index < -0.39 is 50.9 Å². The number of nitrogens with zero attached hydrogens (tertiary/aromatic N) is 2. The second-order valence-electron chi connectivity index (χ2n) is 10.5. The first-order valence-corrected chi connectivity index (χ1v) is 14.8. The van der Waals surface area contributed by atoms with Gasteiger partial charge < -0.3 is 21.1 Å². The van der Waals surface area contributed by atoms with Crippen molar-refractivity contribution >= 4 is 43.9 Å². The van der Waals surface area contributed by atoms with E-state index in [-0.39, 0.29) is 17.9 Å². The Morgan fingerprint density at radius 1 is 1.12 bits per heavy atom. The number of anilines is 1. The molecule has 0 spiro atoms. The average molecular weight is 611 g/mol. The van der Waals surface area contributed by atoms with Gasteiger partial charge in [0.25, 0.3) is 5.91 Å². The summed E-state index contributed by atoms with van der Waals surface area (Å²) in [6.07, 6.45) is -3.51. The number of carbonyl (C=O) groups is 1. The van der Waals surface area contributed by atoms with Crippen LogP contribution in [0.15, 0.2) is 77.3 Å². The molecule has 2 heterocycles. The number of aromatic nitrogens is 1. The summed E-state index contributed by atoms with van der Waals surface area (Å²) in [7, 11) is -4.17. The second-order valence-corrected chi connectivity index (χ2v) is 12.9. The molecule has 0 radical (unpaired) electrons. The highest BCUT2D eigenvalue weighted by molar-refractivity contribution is 7.91. The fourth-order valence-corrected chi connectivity index (χ4v) is 6.47. The molecule has 41 heavy (non-hydrogen) atoms. The number of alkyl halides is 3. The minimum atomic E-state index is -4.73. The first-order chi connectivity index (χ1) is 19.1. The van der Waals surface area contributed by atoms with Crippen molar-refractivity contribution in [3.05, 3.63) is 77.5 Å². The number of hydrogen-bond donors (Lipinski definition) is 3. The summed E-state index contributed by atoms with van der Waals surface area (Å²) < 4.78 is 65.6. The fourth-order valence-electron chi connectivity index (χ4n) is 4.77. The maximum atomic E-state index is 13.2. The highest BCUT2D eigenvalue weighted by Gasteiger charge is 2.49. The number of fused-ring (bicyclic) bond motifs is 1. The Labute approximate surface area is 240 Å². The lowest BCUT2D eigenvalue weighted by Gasteiger charge is -2.35. The number of sulfone groups is 1. The van der Waals surface area contributed by atoms with Crippen LogP contribution in [0.25, 0.3) is 10.9 Å². The van der Waals surface area contributed by atoms with E-state index >= 15 is 0 Å². The Morgan fingerprint density at radius 3 is 2.51 bits per heavy atom. The molecular weight excluding hydrogens is 581 g/mol. The summed E-state index contributed by atoms with van der Waals surface area (Å²) in [5.41, 5.74) is 3.87. The van der Waals surface area contributed by atoms with Gasteiger partial charge >= 0.3 is 6.18 Å². The smallest absolute Gasteiger partial charge is 0.384 e. The second kappa shape index (κ2) is 11.6. The standard InChI is InChI=1S/C28H30ClF3N4O4S/c1-26(33,10-13-35-23-9-12-34-24-15-20(29)7-8-22(23)24)11-14-36-25(37)19(17-28(30,31)32)16-27(36,38)18-41(39,40)21-5-3-2-4-6-21/h2-9,12,15-16,38H,10-11,13-14,17-18,33H2,1H3,(H,34,35). The Kier molecular flexibility index (Phi) is 8.70. The molecule has 3 aromatic rings. The van der Waals surface area contributed by atoms with Crippen molar-refractivity contribution in [2.45, 2.75) is 48.5 Å². The number of amides is 1. The topological polar surface area (TPSA) is 126 Å². The van der Waals surface area contributed by atoms with E-state index in [1.807, 2.05) is 6.07 Å². The number of nitrogens with one attached hydrogen (secondary N) is 1. The fraction of sp³-hybridized carbons (Fsp3) is 0.357. The number of rotatable bonds is 11. The maximum Gasteiger partial charge on any atom is 0.393 e. The van der Waals surface area contributed by atoms with Gasteiger partial charge in [-0.2, -0.15) is 13.2 Å². The van der Waals surface area contributed by atoms with Crippen molar-refractivity contribution in [2.24, 2.45) is 5.73 Å². The highest BCUT2D eigenvalue weighted by Crippen LogP contribution is 2.36. The number of pyridine rings is 1. The van der Waals surface area contributed by atoms with Gasteiger partial charge in [-0.1, -0.05) is 29.8 Å². The van der Waals surface area contributed by atoms with Gasteiger partial charge in [0.1, 0.15) is 5.75 Å². The van der Waals surface area contributed by atoms with Crippen LogP contribution in [0.5, 0.6) is 0 Å². The van der Waals surface area contributed by atoms with Crippen molar-refractivity contribution < 1.29 is 31.5 Å². The normalized spacial score (nSPS) is 19.3. The molecule has 0 saturated carbocycles.